The highest BCUT2D eigenvalue weighted by Crippen LogP contribution is 2.32. The van der Waals surface area contributed by atoms with Crippen LogP contribution >= 0.6 is 0 Å². The van der Waals surface area contributed by atoms with Gasteiger partial charge in [-0.05, 0) is 42.6 Å². The molecule has 1 aromatic carbocycles. The van der Waals surface area contributed by atoms with E-state index in [1.54, 1.807) is 17.0 Å². The van der Waals surface area contributed by atoms with Gasteiger partial charge in [-0.15, -0.1) is 0 Å². The lowest BCUT2D eigenvalue weighted by Crippen LogP contribution is -2.53. The molecular formula is C29H45N5O4. The topological polar surface area (TPSA) is 149 Å². The molecule has 1 saturated heterocycles. The Balaban J connectivity index is 1.72. The van der Waals surface area contributed by atoms with Crippen LogP contribution < -0.4 is 16.4 Å². The summed E-state index contributed by atoms with van der Waals surface area (Å²) in [5.41, 5.74) is 7.04. The maximum Gasteiger partial charge on any atom is 0.317 e. The van der Waals surface area contributed by atoms with E-state index in [1.165, 1.54) is 6.42 Å². The van der Waals surface area contributed by atoms with Crippen LogP contribution in [-0.4, -0.2) is 58.8 Å². The largest absolute Gasteiger partial charge is 0.480 e. The van der Waals surface area contributed by atoms with Crippen LogP contribution in [0.15, 0.2) is 24.3 Å². The van der Waals surface area contributed by atoms with E-state index >= 15 is 0 Å². The number of carbonyl (C=O) groups excluding carboxylic acids is 2. The molecule has 1 saturated carbocycles. The zero-order chi connectivity index (χ0) is 27.7. The van der Waals surface area contributed by atoms with E-state index in [1.807, 2.05) is 12.1 Å². The SMILES string of the molecule is CC(C)CC[C@H]1C[C@@H](C(=O)NCc2ccc(C(=N)N)cc2)N(C(=O)[C@@H](CC2CCCCC2)NCC(=O)O)C1. The van der Waals surface area contributed by atoms with E-state index in [0.717, 1.165) is 44.1 Å². The molecule has 0 bridgehead atoms. The number of amidine groups is 1. The number of hydrogen-bond donors (Lipinski definition) is 5. The molecule has 1 aliphatic heterocycles. The summed E-state index contributed by atoms with van der Waals surface area (Å²) in [5.74, 6) is -0.169. The quantitative estimate of drug-likeness (QED) is 0.196. The number of nitrogens with two attached hydrogens (primary N) is 1. The highest BCUT2D eigenvalue weighted by Gasteiger charge is 2.41. The minimum Gasteiger partial charge on any atom is -0.480 e. The van der Waals surface area contributed by atoms with Crippen LogP contribution in [0.2, 0.25) is 0 Å². The average molecular weight is 528 g/mol. The van der Waals surface area contributed by atoms with Crippen LogP contribution in [0.25, 0.3) is 0 Å². The van der Waals surface area contributed by atoms with Gasteiger partial charge in [0.1, 0.15) is 11.9 Å². The van der Waals surface area contributed by atoms with Crippen molar-refractivity contribution in [3.8, 4) is 0 Å². The minimum atomic E-state index is -0.993. The molecule has 3 rings (SSSR count). The van der Waals surface area contributed by atoms with Crippen molar-refractivity contribution >= 4 is 23.6 Å². The van der Waals surface area contributed by atoms with Gasteiger partial charge in [-0.3, -0.25) is 25.1 Å². The molecular weight excluding hydrogens is 482 g/mol. The standard InChI is InChI=1S/C29H45N5O4/c1-19(2)8-9-22-15-25(28(37)33-16-21-10-12-23(13-11-21)27(30)31)34(18-22)29(38)24(32-17-26(35)36)14-20-6-4-3-5-7-20/h10-13,19-20,22,24-25,32H,3-9,14-18H2,1-2H3,(H3,30,31)(H,33,37)(H,35,36)/t22-,24+,25-/m0/s1. The molecule has 0 spiro atoms. The Morgan fingerprint density at radius 1 is 1.11 bits per heavy atom. The first kappa shape index (κ1) is 29.6. The summed E-state index contributed by atoms with van der Waals surface area (Å²) in [7, 11) is 0. The van der Waals surface area contributed by atoms with Gasteiger partial charge in [0.25, 0.3) is 0 Å². The van der Waals surface area contributed by atoms with Crippen molar-refractivity contribution in [1.82, 2.24) is 15.5 Å². The lowest BCUT2D eigenvalue weighted by Gasteiger charge is -2.31. The van der Waals surface area contributed by atoms with Gasteiger partial charge >= 0.3 is 5.97 Å². The van der Waals surface area contributed by atoms with E-state index in [9.17, 15) is 19.5 Å². The number of amides is 2. The average Bonchev–Trinajstić information content (AvgIpc) is 3.33. The van der Waals surface area contributed by atoms with Gasteiger partial charge in [0, 0.05) is 18.7 Å². The lowest BCUT2D eigenvalue weighted by atomic mass is 9.84. The van der Waals surface area contributed by atoms with E-state index in [-0.39, 0.29) is 30.1 Å². The van der Waals surface area contributed by atoms with Crippen molar-refractivity contribution < 1.29 is 19.5 Å². The highest BCUT2D eigenvalue weighted by molar-refractivity contribution is 5.95. The van der Waals surface area contributed by atoms with Crippen LogP contribution in [0.4, 0.5) is 0 Å². The molecule has 1 heterocycles. The number of carboxylic acid groups (broad SMARTS) is 1. The van der Waals surface area contributed by atoms with Crippen molar-refractivity contribution in [3.63, 3.8) is 0 Å². The molecule has 38 heavy (non-hydrogen) atoms. The monoisotopic (exact) mass is 527 g/mol. The third kappa shape index (κ3) is 8.82. The van der Waals surface area contributed by atoms with Gasteiger partial charge in [0.05, 0.1) is 12.6 Å². The molecule has 2 aliphatic rings. The van der Waals surface area contributed by atoms with Crippen LogP contribution in [0, 0.1) is 23.2 Å². The molecule has 210 valence electrons. The van der Waals surface area contributed by atoms with Gasteiger partial charge in [-0.25, -0.2) is 0 Å². The summed E-state index contributed by atoms with van der Waals surface area (Å²) in [6.07, 6.45) is 8.82. The van der Waals surface area contributed by atoms with Crippen LogP contribution in [0.5, 0.6) is 0 Å². The third-order valence-corrected chi connectivity index (χ3v) is 7.95. The number of nitrogens with one attached hydrogen (secondary N) is 3. The summed E-state index contributed by atoms with van der Waals surface area (Å²) in [5, 5.41) is 22.8. The van der Waals surface area contributed by atoms with Crippen LogP contribution in [0.1, 0.15) is 82.8 Å². The molecule has 9 heteroatoms. The molecule has 2 fully saturated rings. The Bertz CT molecular complexity index is 958. The van der Waals surface area contributed by atoms with Crippen molar-refractivity contribution in [2.24, 2.45) is 23.5 Å². The number of nitrogen functional groups attached to an aromatic ring is 1. The number of likely N-dealkylation sites (tertiary alicyclic amines) is 1. The van der Waals surface area contributed by atoms with Crippen LogP contribution in [0.3, 0.4) is 0 Å². The fourth-order valence-electron chi connectivity index (χ4n) is 5.74. The third-order valence-electron chi connectivity index (χ3n) is 7.95. The summed E-state index contributed by atoms with van der Waals surface area (Å²) in [6, 6.07) is 5.98. The fourth-order valence-corrected chi connectivity index (χ4v) is 5.74. The second-order valence-electron chi connectivity index (χ2n) is 11.5. The number of aliphatic carboxylic acids is 1. The normalized spacial score (nSPS) is 20.9. The van der Waals surface area contributed by atoms with Crippen molar-refractivity contribution in [2.45, 2.75) is 90.3 Å². The molecule has 1 aromatic rings. The fraction of sp³-hybridized carbons (Fsp3) is 0.655. The lowest BCUT2D eigenvalue weighted by molar-refractivity contribution is -0.141. The van der Waals surface area contributed by atoms with E-state index in [0.29, 0.717) is 43.3 Å². The maximum absolute atomic E-state index is 13.9. The zero-order valence-electron chi connectivity index (χ0n) is 22.9. The number of benzene rings is 1. The summed E-state index contributed by atoms with van der Waals surface area (Å²) in [4.78, 5) is 40.3. The Morgan fingerprint density at radius 3 is 2.39 bits per heavy atom. The molecule has 9 nitrogen and oxygen atoms in total. The van der Waals surface area contributed by atoms with E-state index in [2.05, 4.69) is 24.5 Å². The van der Waals surface area contributed by atoms with Crippen LogP contribution in [-0.2, 0) is 20.9 Å². The Kier molecular flexibility index (Phi) is 11.1. The predicted octanol–water partition coefficient (Wildman–Crippen LogP) is 3.25. The van der Waals surface area contributed by atoms with Crippen molar-refractivity contribution in [2.75, 3.05) is 13.1 Å². The number of rotatable bonds is 13. The molecule has 1 aliphatic carbocycles. The molecule has 0 aromatic heterocycles. The number of nitrogens with zero attached hydrogens (tertiary/aromatic N) is 1. The molecule has 6 N–H and O–H groups in total. The first-order valence-electron chi connectivity index (χ1n) is 14.1. The van der Waals surface area contributed by atoms with Gasteiger partial charge in [0.2, 0.25) is 11.8 Å². The highest BCUT2D eigenvalue weighted by atomic mass is 16.4. The molecule has 3 atom stereocenters. The predicted molar refractivity (Wildman–Crippen MR) is 148 cm³/mol. The molecule has 0 radical (unpaired) electrons. The smallest absolute Gasteiger partial charge is 0.317 e. The van der Waals surface area contributed by atoms with Gasteiger partial charge in [-0.1, -0.05) is 76.6 Å². The van der Waals surface area contributed by atoms with E-state index in [4.69, 9.17) is 11.1 Å². The maximum atomic E-state index is 13.9. The van der Waals surface area contributed by atoms with Crippen molar-refractivity contribution in [1.29, 1.82) is 5.41 Å². The molecule has 2 amide bonds. The number of hydrogen-bond acceptors (Lipinski definition) is 5. The number of carbonyl (C=O) groups is 3. The summed E-state index contributed by atoms with van der Waals surface area (Å²) >= 11 is 0. The van der Waals surface area contributed by atoms with Gasteiger partial charge in [-0.2, -0.15) is 0 Å². The number of carboxylic acids is 1. The second-order valence-corrected chi connectivity index (χ2v) is 11.5. The minimum absolute atomic E-state index is 0.00702. The first-order chi connectivity index (χ1) is 18.1. The second kappa shape index (κ2) is 14.3. The van der Waals surface area contributed by atoms with Gasteiger partial charge < -0.3 is 21.1 Å². The Morgan fingerprint density at radius 2 is 1.79 bits per heavy atom. The summed E-state index contributed by atoms with van der Waals surface area (Å²) in [6.45, 7) is 4.91. The van der Waals surface area contributed by atoms with Gasteiger partial charge in [0.15, 0.2) is 0 Å². The van der Waals surface area contributed by atoms with Crippen molar-refractivity contribution in [3.05, 3.63) is 35.4 Å². The Hall–Kier alpha value is -2.94. The summed E-state index contributed by atoms with van der Waals surface area (Å²) < 4.78 is 0. The van der Waals surface area contributed by atoms with E-state index < -0.39 is 18.1 Å². The Labute approximate surface area is 226 Å². The molecule has 0 unspecified atom stereocenters. The first-order valence-corrected chi connectivity index (χ1v) is 14.1. The zero-order valence-corrected chi connectivity index (χ0v) is 22.9.